The first kappa shape index (κ1) is 15.1. The minimum absolute atomic E-state index is 0.156. The zero-order valence-corrected chi connectivity index (χ0v) is 12.6. The van der Waals surface area contributed by atoms with Crippen molar-refractivity contribution in [2.75, 3.05) is 19.6 Å². The van der Waals surface area contributed by atoms with Gasteiger partial charge in [-0.15, -0.1) is 0 Å². The van der Waals surface area contributed by atoms with Gasteiger partial charge < -0.3 is 15.3 Å². The van der Waals surface area contributed by atoms with Gasteiger partial charge in [0.15, 0.2) is 0 Å². The second-order valence-electron chi connectivity index (χ2n) is 6.74. The predicted octanol–water partition coefficient (Wildman–Crippen LogP) is 1.12. The number of nitrogens with one attached hydrogen (secondary N) is 1. The van der Waals surface area contributed by atoms with Crippen molar-refractivity contribution in [1.82, 2.24) is 15.1 Å². The molecule has 6 heteroatoms. The van der Waals surface area contributed by atoms with E-state index in [9.17, 15) is 9.59 Å². The third kappa shape index (κ3) is 3.23. The van der Waals surface area contributed by atoms with Crippen LogP contribution >= 0.6 is 0 Å². The number of amides is 2. The van der Waals surface area contributed by atoms with E-state index >= 15 is 0 Å². The van der Waals surface area contributed by atoms with Gasteiger partial charge >= 0.3 is 12.0 Å². The summed E-state index contributed by atoms with van der Waals surface area (Å²) in [6.07, 6.45) is 3.27. The Labute approximate surface area is 120 Å². The Morgan fingerprint density at radius 1 is 1.30 bits per heavy atom. The van der Waals surface area contributed by atoms with Crippen LogP contribution in [0.1, 0.15) is 40.0 Å². The first-order chi connectivity index (χ1) is 9.29. The Morgan fingerprint density at radius 3 is 2.60 bits per heavy atom. The lowest BCUT2D eigenvalue weighted by Crippen LogP contribution is -2.55. The summed E-state index contributed by atoms with van der Waals surface area (Å²) in [5, 5.41) is 12.0. The van der Waals surface area contributed by atoms with Gasteiger partial charge in [-0.25, -0.2) is 4.79 Å². The zero-order valence-electron chi connectivity index (χ0n) is 12.6. The minimum atomic E-state index is -0.982. The second-order valence-corrected chi connectivity index (χ2v) is 6.74. The molecule has 2 fully saturated rings. The van der Waals surface area contributed by atoms with E-state index in [0.717, 1.165) is 25.9 Å². The summed E-state index contributed by atoms with van der Waals surface area (Å²) in [6, 6.07) is 0.327. The highest BCUT2D eigenvalue weighted by Gasteiger charge is 2.39. The van der Waals surface area contributed by atoms with Crippen molar-refractivity contribution in [3.8, 4) is 0 Å². The molecule has 2 saturated heterocycles. The topological polar surface area (TPSA) is 72.9 Å². The maximum atomic E-state index is 12.4. The smallest absolute Gasteiger partial charge is 0.323 e. The van der Waals surface area contributed by atoms with Crippen LogP contribution in [0.5, 0.6) is 0 Å². The van der Waals surface area contributed by atoms with E-state index < -0.39 is 11.5 Å². The number of carbonyl (C=O) groups excluding carboxylic acids is 1. The van der Waals surface area contributed by atoms with E-state index in [4.69, 9.17) is 5.11 Å². The van der Waals surface area contributed by atoms with Gasteiger partial charge in [0.1, 0.15) is 6.54 Å². The van der Waals surface area contributed by atoms with Crippen LogP contribution in [-0.4, -0.2) is 64.2 Å². The van der Waals surface area contributed by atoms with Crippen LogP contribution in [0.4, 0.5) is 4.79 Å². The molecule has 0 saturated carbocycles. The number of rotatable bonds is 3. The fourth-order valence-electron chi connectivity index (χ4n) is 3.24. The molecule has 2 unspecified atom stereocenters. The molecule has 2 heterocycles. The summed E-state index contributed by atoms with van der Waals surface area (Å²) < 4.78 is 0. The van der Waals surface area contributed by atoms with E-state index in [2.05, 4.69) is 10.2 Å². The van der Waals surface area contributed by atoms with Gasteiger partial charge in [0, 0.05) is 24.2 Å². The third-order valence-electron chi connectivity index (χ3n) is 4.26. The molecule has 0 aliphatic carbocycles. The number of carboxylic acid groups (broad SMARTS) is 1. The fraction of sp³-hybridized carbons (Fsp3) is 0.857. The molecule has 114 valence electrons. The summed E-state index contributed by atoms with van der Waals surface area (Å²) in [4.78, 5) is 27.2. The van der Waals surface area contributed by atoms with Crippen molar-refractivity contribution < 1.29 is 14.7 Å². The molecule has 2 rings (SSSR count). The number of carboxylic acids is 1. The van der Waals surface area contributed by atoms with Gasteiger partial charge in [0.2, 0.25) is 0 Å². The molecule has 0 aromatic rings. The Bertz CT molecular complexity index is 392. The van der Waals surface area contributed by atoms with E-state index in [1.807, 2.05) is 20.8 Å². The lowest BCUT2D eigenvalue weighted by atomic mass is 10.1. The first-order valence-corrected chi connectivity index (χ1v) is 7.33. The number of nitrogens with zero attached hydrogens (tertiary/aromatic N) is 2. The van der Waals surface area contributed by atoms with Gasteiger partial charge in [-0.3, -0.25) is 9.69 Å². The van der Waals surface area contributed by atoms with Crippen LogP contribution in [0.2, 0.25) is 0 Å². The summed E-state index contributed by atoms with van der Waals surface area (Å²) >= 11 is 0. The van der Waals surface area contributed by atoms with E-state index in [1.165, 1.54) is 11.3 Å². The number of urea groups is 1. The highest BCUT2D eigenvalue weighted by molar-refractivity contribution is 5.81. The molecule has 0 aromatic carbocycles. The van der Waals surface area contributed by atoms with Gasteiger partial charge in [-0.05, 0) is 46.6 Å². The second kappa shape index (κ2) is 5.60. The summed E-state index contributed by atoms with van der Waals surface area (Å²) in [7, 11) is 0. The van der Waals surface area contributed by atoms with Crippen molar-refractivity contribution in [3.05, 3.63) is 0 Å². The molecular weight excluding hydrogens is 258 g/mol. The van der Waals surface area contributed by atoms with Gasteiger partial charge in [0.25, 0.3) is 0 Å². The van der Waals surface area contributed by atoms with Crippen LogP contribution in [0.3, 0.4) is 0 Å². The standard InChI is InChI=1S/C14H25N3O3/c1-14(2,3)17(9-12(18)19)13(20)15-10-6-8-16-7-4-5-11(10)16/h10-11H,4-9H2,1-3H3,(H,15,20)(H,18,19). The lowest BCUT2D eigenvalue weighted by molar-refractivity contribution is -0.138. The predicted molar refractivity (Wildman–Crippen MR) is 75.6 cm³/mol. The van der Waals surface area contributed by atoms with E-state index in [0.29, 0.717) is 6.04 Å². The number of aliphatic carboxylic acids is 1. The number of hydrogen-bond acceptors (Lipinski definition) is 3. The van der Waals surface area contributed by atoms with Crippen LogP contribution in [0.15, 0.2) is 0 Å². The number of hydrogen-bond donors (Lipinski definition) is 2. The highest BCUT2D eigenvalue weighted by Crippen LogP contribution is 2.28. The monoisotopic (exact) mass is 283 g/mol. The average Bonchev–Trinajstić information content (AvgIpc) is 2.89. The summed E-state index contributed by atoms with van der Waals surface area (Å²) in [6.45, 7) is 7.44. The Kier molecular flexibility index (Phi) is 4.22. The fourth-order valence-corrected chi connectivity index (χ4v) is 3.24. The summed E-state index contributed by atoms with van der Waals surface area (Å²) in [5.41, 5.74) is -0.504. The molecule has 2 atom stereocenters. The van der Waals surface area contributed by atoms with Gasteiger partial charge in [-0.1, -0.05) is 0 Å². The molecule has 2 aliphatic rings. The molecule has 0 aromatic heterocycles. The van der Waals surface area contributed by atoms with Crippen LogP contribution in [0, 0.1) is 0 Å². The van der Waals surface area contributed by atoms with E-state index in [-0.39, 0.29) is 18.6 Å². The van der Waals surface area contributed by atoms with Crippen molar-refractivity contribution in [2.45, 2.75) is 57.7 Å². The Morgan fingerprint density at radius 2 is 2.00 bits per heavy atom. The van der Waals surface area contributed by atoms with Gasteiger partial charge in [-0.2, -0.15) is 0 Å². The first-order valence-electron chi connectivity index (χ1n) is 7.33. The Balaban J connectivity index is 1.99. The van der Waals surface area contributed by atoms with Crippen molar-refractivity contribution in [2.24, 2.45) is 0 Å². The lowest BCUT2D eigenvalue weighted by Gasteiger charge is -2.35. The molecule has 6 nitrogen and oxygen atoms in total. The largest absolute Gasteiger partial charge is 0.480 e. The highest BCUT2D eigenvalue weighted by atomic mass is 16.4. The van der Waals surface area contributed by atoms with Gasteiger partial charge in [0.05, 0.1) is 0 Å². The molecule has 2 N–H and O–H groups in total. The molecular formula is C14H25N3O3. The van der Waals surface area contributed by atoms with E-state index in [1.54, 1.807) is 0 Å². The molecule has 2 amide bonds. The van der Waals surface area contributed by atoms with Crippen molar-refractivity contribution in [1.29, 1.82) is 0 Å². The average molecular weight is 283 g/mol. The number of fused-ring (bicyclic) bond motifs is 1. The molecule has 0 bridgehead atoms. The summed E-state index contributed by atoms with van der Waals surface area (Å²) in [5.74, 6) is -0.982. The normalized spacial score (nSPS) is 26.4. The molecule has 0 spiro atoms. The number of carbonyl (C=O) groups is 2. The maximum Gasteiger partial charge on any atom is 0.323 e. The SMILES string of the molecule is CC(C)(C)N(CC(=O)O)C(=O)NC1CCN2CCCC12. The van der Waals surface area contributed by atoms with Crippen molar-refractivity contribution >= 4 is 12.0 Å². The van der Waals surface area contributed by atoms with Crippen molar-refractivity contribution in [3.63, 3.8) is 0 Å². The molecule has 20 heavy (non-hydrogen) atoms. The molecule has 0 radical (unpaired) electrons. The van der Waals surface area contributed by atoms with Crippen LogP contribution in [-0.2, 0) is 4.79 Å². The minimum Gasteiger partial charge on any atom is -0.480 e. The zero-order chi connectivity index (χ0) is 14.9. The Hall–Kier alpha value is -1.30. The molecule has 2 aliphatic heterocycles. The maximum absolute atomic E-state index is 12.4. The third-order valence-corrected chi connectivity index (χ3v) is 4.26. The van der Waals surface area contributed by atoms with Crippen LogP contribution < -0.4 is 5.32 Å². The van der Waals surface area contributed by atoms with Crippen LogP contribution in [0.25, 0.3) is 0 Å². The quantitative estimate of drug-likeness (QED) is 0.814.